The van der Waals surface area contributed by atoms with E-state index in [0.717, 1.165) is 5.56 Å². The van der Waals surface area contributed by atoms with E-state index in [-0.39, 0.29) is 17.4 Å². The van der Waals surface area contributed by atoms with Gasteiger partial charge in [-0.25, -0.2) is 0 Å². The van der Waals surface area contributed by atoms with E-state index in [2.05, 4.69) is 26.1 Å². The van der Waals surface area contributed by atoms with Gasteiger partial charge in [0.1, 0.15) is 0 Å². The maximum absolute atomic E-state index is 12.7. The lowest BCUT2D eigenvalue weighted by Gasteiger charge is -2.32. The standard InChI is InChI=1S/C17H25Cl2NO/c1-16(2,3)15(21)13(20-17(4,5)6)10-11-8-7-9-12(18)14(11)19/h7-9,13,20H,10H2,1-6H3/t13-/m0/s1. The second kappa shape index (κ2) is 6.68. The lowest BCUT2D eigenvalue weighted by atomic mass is 9.83. The number of carbonyl (C=O) groups is 1. The Morgan fingerprint density at radius 2 is 1.71 bits per heavy atom. The zero-order valence-electron chi connectivity index (χ0n) is 13.7. The molecule has 0 saturated heterocycles. The second-order valence-electron chi connectivity index (χ2n) is 7.48. The van der Waals surface area contributed by atoms with Crippen molar-refractivity contribution in [2.24, 2.45) is 5.41 Å². The molecule has 0 spiro atoms. The third-order valence-electron chi connectivity index (χ3n) is 3.12. The summed E-state index contributed by atoms with van der Waals surface area (Å²) in [6.45, 7) is 12.0. The molecule has 0 radical (unpaired) electrons. The lowest BCUT2D eigenvalue weighted by molar-refractivity contribution is -0.128. The van der Waals surface area contributed by atoms with Gasteiger partial charge < -0.3 is 5.32 Å². The number of ketones is 1. The first-order valence-electron chi connectivity index (χ1n) is 7.17. The minimum atomic E-state index is -0.409. The minimum absolute atomic E-state index is 0.156. The zero-order chi connectivity index (χ0) is 16.4. The molecule has 0 heterocycles. The van der Waals surface area contributed by atoms with Crippen molar-refractivity contribution in [3.63, 3.8) is 0 Å². The smallest absolute Gasteiger partial charge is 0.155 e. The van der Waals surface area contributed by atoms with Crippen LogP contribution in [0.15, 0.2) is 18.2 Å². The second-order valence-corrected chi connectivity index (χ2v) is 8.26. The molecule has 1 rings (SSSR count). The van der Waals surface area contributed by atoms with Crippen LogP contribution in [0.4, 0.5) is 0 Å². The number of hydrogen-bond donors (Lipinski definition) is 1. The van der Waals surface area contributed by atoms with Gasteiger partial charge in [0.2, 0.25) is 0 Å². The molecular formula is C17H25Cl2NO. The molecule has 21 heavy (non-hydrogen) atoms. The minimum Gasteiger partial charge on any atom is -0.302 e. The molecule has 0 bridgehead atoms. The Kier molecular flexibility index (Phi) is 5.88. The molecule has 0 unspecified atom stereocenters. The van der Waals surface area contributed by atoms with E-state index >= 15 is 0 Å². The summed E-state index contributed by atoms with van der Waals surface area (Å²) in [5.74, 6) is 0.175. The Balaban J connectivity index is 3.08. The highest BCUT2D eigenvalue weighted by molar-refractivity contribution is 6.42. The van der Waals surface area contributed by atoms with Crippen LogP contribution in [0.25, 0.3) is 0 Å². The average Bonchev–Trinajstić information content (AvgIpc) is 2.30. The van der Waals surface area contributed by atoms with Gasteiger partial charge in [-0.15, -0.1) is 0 Å². The summed E-state index contributed by atoms with van der Waals surface area (Å²) in [6.07, 6.45) is 0.534. The molecule has 0 saturated carbocycles. The average molecular weight is 330 g/mol. The predicted molar refractivity (Wildman–Crippen MR) is 91.3 cm³/mol. The molecule has 2 nitrogen and oxygen atoms in total. The number of carbonyl (C=O) groups excluding carboxylic acids is 1. The van der Waals surface area contributed by atoms with Crippen LogP contribution >= 0.6 is 23.2 Å². The van der Waals surface area contributed by atoms with Gasteiger partial charge in [-0.3, -0.25) is 4.79 Å². The van der Waals surface area contributed by atoms with Crippen LogP contribution in [-0.2, 0) is 11.2 Å². The van der Waals surface area contributed by atoms with Crippen molar-refractivity contribution in [3.8, 4) is 0 Å². The first-order valence-corrected chi connectivity index (χ1v) is 7.92. The van der Waals surface area contributed by atoms with Crippen molar-refractivity contribution in [2.75, 3.05) is 0 Å². The maximum Gasteiger partial charge on any atom is 0.155 e. The van der Waals surface area contributed by atoms with E-state index in [1.54, 1.807) is 6.07 Å². The summed E-state index contributed by atoms with van der Waals surface area (Å²) in [4.78, 5) is 12.7. The Morgan fingerprint density at radius 1 is 1.14 bits per heavy atom. The first-order chi connectivity index (χ1) is 9.42. The Bertz CT molecular complexity index is 513. The summed E-state index contributed by atoms with van der Waals surface area (Å²) in [6, 6.07) is 5.24. The van der Waals surface area contributed by atoms with Gasteiger partial charge in [0, 0.05) is 11.0 Å². The lowest BCUT2D eigenvalue weighted by Crippen LogP contribution is -2.51. The number of rotatable bonds is 4. The molecule has 4 heteroatoms. The maximum atomic E-state index is 12.7. The van der Waals surface area contributed by atoms with Gasteiger partial charge in [-0.1, -0.05) is 56.1 Å². The number of nitrogens with one attached hydrogen (secondary N) is 1. The van der Waals surface area contributed by atoms with E-state index in [1.807, 2.05) is 32.9 Å². The van der Waals surface area contributed by atoms with Crippen LogP contribution in [0.1, 0.15) is 47.1 Å². The van der Waals surface area contributed by atoms with Crippen LogP contribution < -0.4 is 5.32 Å². The molecule has 118 valence electrons. The summed E-state index contributed by atoms with van der Waals surface area (Å²) in [5, 5.41) is 4.46. The van der Waals surface area contributed by atoms with Crippen molar-refractivity contribution in [2.45, 2.75) is 59.5 Å². The number of halogens is 2. The molecule has 0 aliphatic heterocycles. The summed E-state index contributed by atoms with van der Waals surface area (Å²) >= 11 is 12.3. The fourth-order valence-electron chi connectivity index (χ4n) is 2.18. The molecular weight excluding hydrogens is 305 g/mol. The van der Waals surface area contributed by atoms with Crippen LogP contribution in [-0.4, -0.2) is 17.4 Å². The quantitative estimate of drug-likeness (QED) is 0.850. The Hall–Kier alpha value is -0.570. The van der Waals surface area contributed by atoms with Crippen molar-refractivity contribution in [1.29, 1.82) is 0 Å². The van der Waals surface area contributed by atoms with Crippen molar-refractivity contribution in [3.05, 3.63) is 33.8 Å². The highest BCUT2D eigenvalue weighted by atomic mass is 35.5. The van der Waals surface area contributed by atoms with E-state index in [1.165, 1.54) is 0 Å². The number of hydrogen-bond acceptors (Lipinski definition) is 2. The summed E-state index contributed by atoms with van der Waals surface area (Å²) in [7, 11) is 0. The zero-order valence-corrected chi connectivity index (χ0v) is 15.2. The predicted octanol–water partition coefficient (Wildman–Crippen LogP) is 4.91. The van der Waals surface area contributed by atoms with Crippen molar-refractivity contribution >= 4 is 29.0 Å². The molecule has 0 aliphatic carbocycles. The highest BCUT2D eigenvalue weighted by Crippen LogP contribution is 2.28. The van der Waals surface area contributed by atoms with Gasteiger partial charge in [0.05, 0.1) is 16.1 Å². The molecule has 0 aliphatic rings. The van der Waals surface area contributed by atoms with Crippen LogP contribution in [0.5, 0.6) is 0 Å². The molecule has 0 aromatic heterocycles. The van der Waals surface area contributed by atoms with Gasteiger partial charge in [-0.2, -0.15) is 0 Å². The van der Waals surface area contributed by atoms with E-state index in [0.29, 0.717) is 16.5 Å². The fourth-order valence-corrected chi connectivity index (χ4v) is 2.58. The topological polar surface area (TPSA) is 29.1 Å². The van der Waals surface area contributed by atoms with E-state index in [4.69, 9.17) is 23.2 Å². The van der Waals surface area contributed by atoms with Crippen molar-refractivity contribution < 1.29 is 4.79 Å². The normalized spacial score (nSPS) is 14.1. The van der Waals surface area contributed by atoms with Gasteiger partial charge in [0.25, 0.3) is 0 Å². The molecule has 1 aromatic rings. The molecule has 1 atom stereocenters. The van der Waals surface area contributed by atoms with Crippen LogP contribution in [0, 0.1) is 5.41 Å². The van der Waals surface area contributed by atoms with Gasteiger partial charge in [-0.05, 0) is 38.8 Å². The largest absolute Gasteiger partial charge is 0.302 e. The highest BCUT2D eigenvalue weighted by Gasteiger charge is 2.32. The first kappa shape index (κ1) is 18.5. The van der Waals surface area contributed by atoms with Gasteiger partial charge in [0.15, 0.2) is 5.78 Å². The fraction of sp³-hybridized carbons (Fsp3) is 0.588. The molecule has 0 fully saturated rings. The summed E-state index contributed by atoms with van der Waals surface area (Å²) in [5.41, 5.74) is 0.327. The van der Waals surface area contributed by atoms with Crippen LogP contribution in [0.3, 0.4) is 0 Å². The Labute approximate surface area is 138 Å². The monoisotopic (exact) mass is 329 g/mol. The number of benzene rings is 1. The van der Waals surface area contributed by atoms with Gasteiger partial charge >= 0.3 is 0 Å². The molecule has 0 amide bonds. The molecule has 1 N–H and O–H groups in total. The van der Waals surface area contributed by atoms with Crippen LogP contribution in [0.2, 0.25) is 10.0 Å². The Morgan fingerprint density at radius 3 is 2.19 bits per heavy atom. The van der Waals surface area contributed by atoms with E-state index < -0.39 is 5.41 Å². The van der Waals surface area contributed by atoms with E-state index in [9.17, 15) is 4.79 Å². The summed E-state index contributed by atoms with van der Waals surface area (Å²) < 4.78 is 0. The number of Topliss-reactive ketones (excluding diaryl/α,β-unsaturated/α-hetero) is 1. The SMILES string of the molecule is CC(C)(C)N[C@@H](Cc1cccc(Cl)c1Cl)C(=O)C(C)(C)C. The van der Waals surface area contributed by atoms with Crippen molar-refractivity contribution in [1.82, 2.24) is 5.32 Å². The third kappa shape index (κ3) is 5.61. The third-order valence-corrected chi connectivity index (χ3v) is 3.98. The molecule has 1 aromatic carbocycles.